The highest BCUT2D eigenvalue weighted by atomic mass is 32.2. The lowest BCUT2D eigenvalue weighted by atomic mass is 9.93. The number of para-hydroxylation sites is 1. The number of amidine groups is 1. The van der Waals surface area contributed by atoms with Crippen LogP contribution in [0.15, 0.2) is 112 Å². The third kappa shape index (κ3) is 5.67. The van der Waals surface area contributed by atoms with Crippen molar-refractivity contribution in [1.82, 2.24) is 10.2 Å². The van der Waals surface area contributed by atoms with Gasteiger partial charge in [-0.15, -0.1) is 0 Å². The number of amides is 1. The minimum atomic E-state index is -0.556. The molecule has 2 aliphatic heterocycles. The third-order valence-electron chi connectivity index (χ3n) is 7.00. The van der Waals surface area contributed by atoms with Gasteiger partial charge in [-0.05, 0) is 35.9 Å². The number of nitrogens with one attached hydrogen (secondary N) is 1. The number of rotatable bonds is 9. The average Bonchev–Trinajstić information content (AvgIpc) is 3.38. The van der Waals surface area contributed by atoms with E-state index in [9.17, 15) is 9.59 Å². The van der Waals surface area contributed by atoms with Crippen molar-refractivity contribution in [3.8, 4) is 5.75 Å². The Labute approximate surface area is 238 Å². The molecule has 0 radical (unpaired) electrons. The van der Waals surface area contributed by atoms with Crippen LogP contribution < -0.4 is 10.1 Å². The number of ether oxygens (including phenoxy) is 2. The number of aliphatic imine (C=N–C) groups is 1. The van der Waals surface area contributed by atoms with Gasteiger partial charge in [-0.3, -0.25) is 4.79 Å². The van der Waals surface area contributed by atoms with Crippen molar-refractivity contribution in [1.29, 1.82) is 0 Å². The van der Waals surface area contributed by atoms with Gasteiger partial charge in [-0.2, -0.15) is 0 Å². The Morgan fingerprint density at radius 3 is 2.35 bits per heavy atom. The van der Waals surface area contributed by atoms with Crippen LogP contribution in [0, 0.1) is 0 Å². The zero-order valence-electron chi connectivity index (χ0n) is 22.7. The number of benzene rings is 3. The van der Waals surface area contributed by atoms with Crippen LogP contribution in [0.25, 0.3) is 0 Å². The molecule has 1 amide bonds. The quantitative estimate of drug-likeness (QED) is 0.331. The Kier molecular flexibility index (Phi) is 8.36. The molecular weight excluding hydrogens is 522 g/mol. The molecule has 0 bridgehead atoms. The molecule has 0 aliphatic carbocycles. The number of hydrogen-bond acceptors (Lipinski definition) is 7. The lowest BCUT2D eigenvalue weighted by Gasteiger charge is -2.36. The second-order valence-corrected chi connectivity index (χ2v) is 10.4. The number of fused-ring (bicyclic) bond motifs is 1. The van der Waals surface area contributed by atoms with Crippen molar-refractivity contribution in [3.63, 3.8) is 0 Å². The van der Waals surface area contributed by atoms with Gasteiger partial charge in [-0.1, -0.05) is 90.6 Å². The molecule has 0 saturated carbocycles. The van der Waals surface area contributed by atoms with Crippen LogP contribution in [-0.2, 0) is 20.7 Å². The van der Waals surface area contributed by atoms with E-state index in [4.69, 9.17) is 14.5 Å². The minimum Gasteiger partial charge on any atom is -0.496 e. The summed E-state index contributed by atoms with van der Waals surface area (Å²) in [5, 5.41) is 5.89. The van der Waals surface area contributed by atoms with Crippen LogP contribution in [0.3, 0.4) is 0 Å². The summed E-state index contributed by atoms with van der Waals surface area (Å²) in [6, 6.07) is 26.9. The Morgan fingerprint density at radius 2 is 1.65 bits per heavy atom. The van der Waals surface area contributed by atoms with Gasteiger partial charge in [0, 0.05) is 11.3 Å². The van der Waals surface area contributed by atoms with E-state index in [-0.39, 0.29) is 18.4 Å². The van der Waals surface area contributed by atoms with E-state index in [2.05, 4.69) is 17.4 Å². The second-order valence-electron chi connectivity index (χ2n) is 9.52. The summed E-state index contributed by atoms with van der Waals surface area (Å²) >= 11 is 1.44. The van der Waals surface area contributed by atoms with Gasteiger partial charge >= 0.3 is 5.97 Å². The van der Waals surface area contributed by atoms with Crippen LogP contribution in [0.4, 0.5) is 0 Å². The number of carbonyl (C=O) groups excluding carboxylic acids is 2. The minimum absolute atomic E-state index is 0.114. The zero-order valence-corrected chi connectivity index (χ0v) is 23.5. The largest absolute Gasteiger partial charge is 0.496 e. The Morgan fingerprint density at radius 1 is 0.975 bits per heavy atom. The van der Waals surface area contributed by atoms with E-state index in [0.29, 0.717) is 28.6 Å². The molecule has 40 heavy (non-hydrogen) atoms. The predicted octanol–water partition coefficient (Wildman–Crippen LogP) is 5.93. The van der Waals surface area contributed by atoms with Crippen molar-refractivity contribution in [2.45, 2.75) is 31.8 Å². The molecule has 8 heteroatoms. The van der Waals surface area contributed by atoms with Gasteiger partial charge in [0.15, 0.2) is 5.17 Å². The SMILES string of the molecule is COC(=O)C1=C(C)N=C2SC=C(CC(=O)NC(Cc3ccccc3)c3ccccc3)N2C1c1ccccc1OC. The molecule has 2 unspecified atom stereocenters. The van der Waals surface area contributed by atoms with Crippen molar-refractivity contribution in [2.75, 3.05) is 14.2 Å². The van der Waals surface area contributed by atoms with Gasteiger partial charge < -0.3 is 19.7 Å². The summed E-state index contributed by atoms with van der Waals surface area (Å²) in [6.07, 6.45) is 0.780. The van der Waals surface area contributed by atoms with E-state index >= 15 is 0 Å². The van der Waals surface area contributed by atoms with E-state index in [1.54, 1.807) is 14.0 Å². The maximum absolute atomic E-state index is 13.6. The van der Waals surface area contributed by atoms with Crippen LogP contribution in [0.2, 0.25) is 0 Å². The number of esters is 1. The molecule has 7 nitrogen and oxygen atoms in total. The summed E-state index contributed by atoms with van der Waals surface area (Å²) in [4.78, 5) is 33.3. The molecule has 3 aromatic carbocycles. The number of methoxy groups -OCH3 is 2. The zero-order chi connectivity index (χ0) is 28.1. The molecule has 0 aromatic heterocycles. The average molecular weight is 554 g/mol. The van der Waals surface area contributed by atoms with Crippen molar-refractivity contribution >= 4 is 28.8 Å². The van der Waals surface area contributed by atoms with Crippen LogP contribution in [0.1, 0.15) is 42.1 Å². The molecule has 5 rings (SSSR count). The van der Waals surface area contributed by atoms with Crippen molar-refractivity contribution < 1.29 is 19.1 Å². The molecule has 1 N–H and O–H groups in total. The Balaban J connectivity index is 1.44. The third-order valence-corrected chi connectivity index (χ3v) is 7.89. The molecule has 2 aliphatic rings. The van der Waals surface area contributed by atoms with E-state index in [1.807, 2.05) is 83.1 Å². The Hall–Kier alpha value is -4.30. The summed E-state index contributed by atoms with van der Waals surface area (Å²) in [5.41, 5.74) is 4.70. The molecule has 0 fully saturated rings. The van der Waals surface area contributed by atoms with Crippen molar-refractivity contribution in [2.24, 2.45) is 4.99 Å². The van der Waals surface area contributed by atoms with E-state index in [1.165, 1.54) is 18.9 Å². The highest BCUT2D eigenvalue weighted by Gasteiger charge is 2.42. The fraction of sp³-hybridized carbons (Fsp3) is 0.219. The number of allylic oxidation sites excluding steroid dienone is 1. The molecule has 204 valence electrons. The number of nitrogens with zero attached hydrogens (tertiary/aromatic N) is 2. The highest BCUT2D eigenvalue weighted by molar-refractivity contribution is 8.16. The summed E-state index contributed by atoms with van der Waals surface area (Å²) in [7, 11) is 2.96. The molecule has 2 heterocycles. The first-order valence-electron chi connectivity index (χ1n) is 13.0. The number of hydrogen-bond donors (Lipinski definition) is 1. The van der Waals surface area contributed by atoms with Gasteiger partial charge in [0.25, 0.3) is 0 Å². The summed E-state index contributed by atoms with van der Waals surface area (Å²) in [5.74, 6) is 0.0436. The van der Waals surface area contributed by atoms with Gasteiger partial charge in [0.05, 0.1) is 44.0 Å². The summed E-state index contributed by atoms with van der Waals surface area (Å²) in [6.45, 7) is 1.80. The van der Waals surface area contributed by atoms with Crippen LogP contribution in [0.5, 0.6) is 5.75 Å². The molecule has 0 spiro atoms. The van der Waals surface area contributed by atoms with Gasteiger partial charge in [0.2, 0.25) is 5.91 Å². The van der Waals surface area contributed by atoms with E-state index in [0.717, 1.165) is 22.4 Å². The smallest absolute Gasteiger partial charge is 0.338 e. The number of carbonyl (C=O) groups is 2. The van der Waals surface area contributed by atoms with Crippen LogP contribution >= 0.6 is 11.8 Å². The molecular formula is C32H31N3O4S. The fourth-order valence-electron chi connectivity index (χ4n) is 5.12. The monoisotopic (exact) mass is 553 g/mol. The van der Waals surface area contributed by atoms with Crippen LogP contribution in [-0.4, -0.2) is 36.2 Å². The fourth-order valence-corrected chi connectivity index (χ4v) is 6.09. The normalized spacial score (nSPS) is 17.0. The highest BCUT2D eigenvalue weighted by Crippen LogP contribution is 2.46. The molecule has 3 aromatic rings. The molecule has 0 saturated heterocycles. The number of thioether (sulfide) groups is 1. The summed E-state index contributed by atoms with van der Waals surface area (Å²) < 4.78 is 10.8. The van der Waals surface area contributed by atoms with E-state index < -0.39 is 12.0 Å². The second kappa shape index (κ2) is 12.3. The lowest BCUT2D eigenvalue weighted by Crippen LogP contribution is -2.38. The Bertz CT molecular complexity index is 1480. The van der Waals surface area contributed by atoms with Gasteiger partial charge in [0.1, 0.15) is 5.75 Å². The maximum atomic E-state index is 13.6. The first-order chi connectivity index (χ1) is 19.5. The topological polar surface area (TPSA) is 80.2 Å². The van der Waals surface area contributed by atoms with Crippen molar-refractivity contribution in [3.05, 3.63) is 124 Å². The standard InChI is InChI=1S/C32H31N3O4S/c1-21-29(31(37)39-3)30(25-16-10-11-17-27(25)38-2)35-24(20-40-32(35)33-21)19-28(36)34-26(23-14-8-5-9-15-23)18-22-12-6-4-7-13-22/h4-17,20,26,30H,18-19H2,1-3H3,(H,34,36). The predicted molar refractivity (Wildman–Crippen MR) is 157 cm³/mol. The van der Waals surface area contributed by atoms with Gasteiger partial charge in [-0.25, -0.2) is 9.79 Å². The lowest BCUT2D eigenvalue weighted by molar-refractivity contribution is -0.136. The first-order valence-corrected chi connectivity index (χ1v) is 13.9. The molecule has 2 atom stereocenters. The maximum Gasteiger partial charge on any atom is 0.338 e. The first kappa shape index (κ1) is 27.3.